The van der Waals surface area contributed by atoms with Crippen LogP contribution in [0.1, 0.15) is 66.0 Å². The van der Waals surface area contributed by atoms with Gasteiger partial charge in [0, 0.05) is 6.54 Å². The first-order valence-corrected chi connectivity index (χ1v) is 10.7. The van der Waals surface area contributed by atoms with Gasteiger partial charge >= 0.3 is 0 Å². The largest absolute Gasteiger partial charge is 0.467 e. The van der Waals surface area contributed by atoms with Crippen molar-refractivity contribution < 1.29 is 18.8 Å². The summed E-state index contributed by atoms with van der Waals surface area (Å²) in [6.45, 7) is 6.69. The van der Waals surface area contributed by atoms with Gasteiger partial charge in [0.2, 0.25) is 5.91 Å². The highest BCUT2D eigenvalue weighted by atomic mass is 32.1. The summed E-state index contributed by atoms with van der Waals surface area (Å²) >= 11 is 0.793. The molecular weight excluding hydrogens is 406 g/mol. The summed E-state index contributed by atoms with van der Waals surface area (Å²) in [5.74, 6) is -0.573. The van der Waals surface area contributed by atoms with Crippen molar-refractivity contribution in [3.8, 4) is 0 Å². The van der Waals surface area contributed by atoms with E-state index in [0.29, 0.717) is 31.1 Å². The third-order valence-corrected chi connectivity index (χ3v) is 5.44. The molecule has 2 aromatic rings. The van der Waals surface area contributed by atoms with Crippen LogP contribution in [0.4, 0.5) is 5.69 Å². The fraction of sp³-hybridized carbons (Fsp3) is 0.500. The van der Waals surface area contributed by atoms with E-state index in [0.717, 1.165) is 18.0 Å². The molecule has 0 aromatic carbocycles. The van der Waals surface area contributed by atoms with Crippen LogP contribution in [-0.2, 0) is 11.3 Å². The number of rotatable bonds is 11. The maximum absolute atomic E-state index is 13.4. The minimum Gasteiger partial charge on any atom is -0.467 e. The first-order valence-electron chi connectivity index (χ1n) is 9.92. The Labute approximate surface area is 180 Å². The highest BCUT2D eigenvalue weighted by Crippen LogP contribution is 2.26. The van der Waals surface area contributed by atoms with E-state index in [1.807, 2.05) is 6.92 Å². The number of nitrogen functional groups attached to an aromatic ring is 1. The van der Waals surface area contributed by atoms with Crippen LogP contribution in [0.5, 0.6) is 0 Å². The number of aromatic nitrogens is 1. The maximum atomic E-state index is 13.4. The number of hydrogen-bond acceptors (Lipinski definition) is 7. The summed E-state index contributed by atoms with van der Waals surface area (Å²) in [6.07, 6.45) is 3.48. The zero-order valence-corrected chi connectivity index (χ0v) is 18.3. The van der Waals surface area contributed by atoms with Crippen LogP contribution in [0.25, 0.3) is 0 Å². The first-order chi connectivity index (χ1) is 14.3. The van der Waals surface area contributed by atoms with Gasteiger partial charge in [0.15, 0.2) is 5.69 Å². The summed E-state index contributed by atoms with van der Waals surface area (Å²) in [5, 5.41) is 2.92. The second-order valence-corrected chi connectivity index (χ2v) is 8.20. The number of carbonyl (C=O) groups is 3. The lowest BCUT2D eigenvalue weighted by atomic mass is 10.1. The van der Waals surface area contributed by atoms with E-state index in [-0.39, 0.29) is 28.7 Å². The zero-order chi connectivity index (χ0) is 22.3. The number of primary amides is 1. The maximum Gasteiger partial charge on any atom is 0.270 e. The van der Waals surface area contributed by atoms with E-state index in [1.54, 1.807) is 12.1 Å². The molecule has 1 atom stereocenters. The van der Waals surface area contributed by atoms with Crippen molar-refractivity contribution in [3.63, 3.8) is 0 Å². The molecule has 0 saturated heterocycles. The van der Waals surface area contributed by atoms with Crippen molar-refractivity contribution >= 4 is 34.9 Å². The molecule has 164 valence electrons. The Morgan fingerprint density at radius 2 is 2.03 bits per heavy atom. The fourth-order valence-corrected chi connectivity index (χ4v) is 3.72. The van der Waals surface area contributed by atoms with Crippen molar-refractivity contribution in [1.29, 1.82) is 0 Å². The van der Waals surface area contributed by atoms with Gasteiger partial charge < -0.3 is 26.1 Å². The quantitative estimate of drug-likeness (QED) is 0.494. The molecule has 0 bridgehead atoms. The minimum absolute atomic E-state index is 0.0718. The minimum atomic E-state index is -0.808. The Kier molecular flexibility index (Phi) is 8.40. The molecule has 2 rings (SSSR count). The van der Waals surface area contributed by atoms with Crippen molar-refractivity contribution in [3.05, 3.63) is 34.7 Å². The number of nitrogens with two attached hydrogens (primary N) is 2. The number of nitrogens with one attached hydrogen (secondary N) is 1. The van der Waals surface area contributed by atoms with Crippen LogP contribution in [0.15, 0.2) is 22.8 Å². The monoisotopic (exact) mass is 435 g/mol. The molecule has 0 unspecified atom stereocenters. The molecule has 0 aliphatic heterocycles. The smallest absolute Gasteiger partial charge is 0.270 e. The number of hydrogen-bond donors (Lipinski definition) is 3. The highest BCUT2D eigenvalue weighted by Gasteiger charge is 2.33. The van der Waals surface area contributed by atoms with Crippen LogP contribution in [-0.4, -0.2) is 39.6 Å². The van der Waals surface area contributed by atoms with Gasteiger partial charge in [-0.05, 0) is 42.4 Å². The first kappa shape index (κ1) is 23.4. The van der Waals surface area contributed by atoms with Gasteiger partial charge in [-0.2, -0.15) is 4.37 Å². The summed E-state index contributed by atoms with van der Waals surface area (Å²) in [4.78, 5) is 39.3. The lowest BCUT2D eigenvalue weighted by Gasteiger charge is -2.30. The number of anilines is 1. The molecule has 3 amide bonds. The van der Waals surface area contributed by atoms with Gasteiger partial charge in [0.25, 0.3) is 11.8 Å². The Bertz CT molecular complexity index is 863. The zero-order valence-electron chi connectivity index (χ0n) is 17.5. The predicted octanol–water partition coefficient (Wildman–Crippen LogP) is 2.39. The molecule has 2 heterocycles. The molecule has 2 aromatic heterocycles. The molecule has 0 aliphatic rings. The molecule has 5 N–H and O–H groups in total. The van der Waals surface area contributed by atoms with Gasteiger partial charge in [0.1, 0.15) is 16.7 Å². The summed E-state index contributed by atoms with van der Waals surface area (Å²) < 4.78 is 9.31. The average molecular weight is 436 g/mol. The Balaban J connectivity index is 2.34. The topological polar surface area (TPSA) is 145 Å². The van der Waals surface area contributed by atoms with Gasteiger partial charge in [-0.3, -0.25) is 14.4 Å². The fourth-order valence-electron chi connectivity index (χ4n) is 2.96. The van der Waals surface area contributed by atoms with Crippen molar-refractivity contribution in [2.75, 3.05) is 12.3 Å². The number of amides is 3. The molecular formula is C20H29N5O4S. The van der Waals surface area contributed by atoms with Gasteiger partial charge in [-0.15, -0.1) is 0 Å². The molecule has 10 heteroatoms. The lowest BCUT2D eigenvalue weighted by molar-refractivity contribution is -0.126. The van der Waals surface area contributed by atoms with E-state index in [9.17, 15) is 14.4 Å². The van der Waals surface area contributed by atoms with Crippen molar-refractivity contribution in [2.24, 2.45) is 11.7 Å². The van der Waals surface area contributed by atoms with Crippen LogP contribution in [0, 0.1) is 5.92 Å². The van der Waals surface area contributed by atoms with E-state index >= 15 is 0 Å². The molecule has 9 nitrogen and oxygen atoms in total. The van der Waals surface area contributed by atoms with E-state index in [4.69, 9.17) is 15.9 Å². The predicted molar refractivity (Wildman–Crippen MR) is 115 cm³/mol. The van der Waals surface area contributed by atoms with Crippen LogP contribution >= 0.6 is 11.5 Å². The Hall–Kier alpha value is -2.88. The number of nitrogens with zero attached hydrogens (tertiary/aromatic N) is 2. The number of carbonyl (C=O) groups excluding carboxylic acids is 3. The highest BCUT2D eigenvalue weighted by molar-refractivity contribution is 7.09. The van der Waals surface area contributed by atoms with E-state index < -0.39 is 17.9 Å². The van der Waals surface area contributed by atoms with Gasteiger partial charge in [-0.1, -0.05) is 27.2 Å². The second kappa shape index (κ2) is 10.8. The van der Waals surface area contributed by atoms with Gasteiger partial charge in [-0.25, -0.2) is 0 Å². The molecule has 30 heavy (non-hydrogen) atoms. The summed E-state index contributed by atoms with van der Waals surface area (Å²) in [7, 11) is 0. The Morgan fingerprint density at radius 1 is 1.30 bits per heavy atom. The van der Waals surface area contributed by atoms with E-state index in [1.165, 1.54) is 11.2 Å². The van der Waals surface area contributed by atoms with Crippen molar-refractivity contribution in [1.82, 2.24) is 14.6 Å². The average Bonchev–Trinajstić information content (AvgIpc) is 3.33. The summed E-state index contributed by atoms with van der Waals surface area (Å²) in [5.41, 5.74) is 11.0. The van der Waals surface area contributed by atoms with Gasteiger partial charge in [0.05, 0.1) is 18.5 Å². The second-order valence-electron chi connectivity index (χ2n) is 7.43. The third kappa shape index (κ3) is 5.82. The van der Waals surface area contributed by atoms with Crippen LogP contribution in [0.2, 0.25) is 0 Å². The summed E-state index contributed by atoms with van der Waals surface area (Å²) in [6, 6.07) is 2.71. The van der Waals surface area contributed by atoms with Crippen molar-refractivity contribution in [2.45, 2.75) is 52.6 Å². The molecule has 0 spiro atoms. The lowest BCUT2D eigenvalue weighted by Crippen LogP contribution is -2.49. The molecule has 0 saturated carbocycles. The van der Waals surface area contributed by atoms with Crippen LogP contribution < -0.4 is 16.8 Å². The molecule has 0 radical (unpaired) electrons. The standard InChI is InChI=1S/C20H29N5O4S/c1-4-6-14(19(27)23-9-8-12(2)3)25(11-13-7-5-10-29-13)20(28)17-15(21)16(18(22)26)24-30-17/h5,7,10,12,14H,4,6,8-9,11,21H2,1-3H3,(H2,22,26)(H,23,27)/t14-/m1/s1. The van der Waals surface area contributed by atoms with E-state index in [2.05, 4.69) is 23.5 Å². The Morgan fingerprint density at radius 3 is 2.57 bits per heavy atom. The number of furan rings is 1. The normalized spacial score (nSPS) is 12.0. The van der Waals surface area contributed by atoms with Crippen LogP contribution in [0.3, 0.4) is 0 Å². The SMILES string of the molecule is CCC[C@H](C(=O)NCCC(C)C)N(Cc1ccco1)C(=O)c1snc(C(N)=O)c1N. The molecule has 0 aliphatic carbocycles. The molecule has 0 fully saturated rings. The third-order valence-electron chi connectivity index (χ3n) is 4.58.